The number of carbonyl (C=O) groups excluding carboxylic acids is 1. The Kier molecular flexibility index (Phi) is 2.32. The van der Waals surface area contributed by atoms with E-state index >= 15 is 0 Å². The molecular weight excluding hydrogens is 260 g/mol. The van der Waals surface area contributed by atoms with Gasteiger partial charge in [-0.1, -0.05) is 22.0 Å². The van der Waals surface area contributed by atoms with E-state index in [1.807, 2.05) is 0 Å². The van der Waals surface area contributed by atoms with E-state index in [2.05, 4.69) is 20.9 Å². The van der Waals surface area contributed by atoms with Gasteiger partial charge in [-0.15, -0.1) is 0 Å². The minimum absolute atomic E-state index is 0.120. The fraction of sp³-hybridized carbons (Fsp3) is 0. The van der Waals surface area contributed by atoms with E-state index in [1.54, 1.807) is 24.3 Å². The number of fused-ring (bicyclic) bond motifs is 1. The van der Waals surface area contributed by atoms with Crippen molar-refractivity contribution in [1.82, 2.24) is 4.98 Å². The number of carbonyl (C=O) groups is 1. The van der Waals surface area contributed by atoms with Crippen LogP contribution in [0, 0.1) is 0 Å². The molecule has 0 fully saturated rings. The number of primary amides is 1. The number of hydrogen-bond donors (Lipinski definition) is 2. The van der Waals surface area contributed by atoms with Crippen molar-refractivity contribution in [2.45, 2.75) is 0 Å². The van der Waals surface area contributed by atoms with Crippen molar-refractivity contribution < 1.29 is 4.79 Å². The highest BCUT2D eigenvalue weighted by atomic mass is 79.9. The lowest BCUT2D eigenvalue weighted by molar-refractivity contribution is 0.0995. The van der Waals surface area contributed by atoms with Crippen LogP contribution in [0.25, 0.3) is 10.8 Å². The van der Waals surface area contributed by atoms with Crippen LogP contribution in [-0.2, 0) is 0 Å². The van der Waals surface area contributed by atoms with Gasteiger partial charge in [0.15, 0.2) is 0 Å². The maximum atomic E-state index is 11.6. The molecule has 0 aliphatic carbocycles. The molecule has 0 unspecified atom stereocenters. The smallest absolute Gasteiger partial charge is 0.265 e. The predicted octanol–water partition coefficient (Wildman–Crippen LogP) is 1.39. The molecular formula is C10H7BrN2O2. The van der Waals surface area contributed by atoms with Gasteiger partial charge in [-0.05, 0) is 23.6 Å². The van der Waals surface area contributed by atoms with Gasteiger partial charge in [-0.2, -0.15) is 0 Å². The summed E-state index contributed by atoms with van der Waals surface area (Å²) < 4.78 is 0.812. The number of halogens is 1. The third kappa shape index (κ3) is 1.78. The van der Waals surface area contributed by atoms with Crippen LogP contribution in [0.2, 0.25) is 0 Å². The highest BCUT2D eigenvalue weighted by Crippen LogP contribution is 2.16. The third-order valence-electron chi connectivity index (χ3n) is 2.07. The molecule has 15 heavy (non-hydrogen) atoms. The molecule has 0 spiro atoms. The summed E-state index contributed by atoms with van der Waals surface area (Å²) in [7, 11) is 0. The highest BCUT2D eigenvalue weighted by molar-refractivity contribution is 9.10. The van der Waals surface area contributed by atoms with E-state index in [4.69, 9.17) is 5.73 Å². The zero-order valence-electron chi connectivity index (χ0n) is 7.58. The molecule has 5 heteroatoms. The van der Waals surface area contributed by atoms with E-state index in [-0.39, 0.29) is 11.3 Å². The van der Waals surface area contributed by atoms with E-state index in [0.717, 1.165) is 4.47 Å². The first kappa shape index (κ1) is 9.92. The maximum Gasteiger partial charge on any atom is 0.265 e. The monoisotopic (exact) mass is 266 g/mol. The number of H-pyrrole nitrogens is 1. The van der Waals surface area contributed by atoms with Gasteiger partial charge < -0.3 is 10.7 Å². The zero-order chi connectivity index (χ0) is 11.0. The summed E-state index contributed by atoms with van der Waals surface area (Å²) in [5.41, 5.74) is 4.89. The molecule has 2 rings (SSSR count). The van der Waals surface area contributed by atoms with Crippen molar-refractivity contribution in [2.75, 3.05) is 0 Å². The Balaban J connectivity index is 2.84. The van der Waals surface area contributed by atoms with E-state index in [0.29, 0.717) is 10.8 Å². The third-order valence-corrected chi connectivity index (χ3v) is 2.57. The molecule has 0 radical (unpaired) electrons. The first-order valence-electron chi connectivity index (χ1n) is 4.20. The Labute approximate surface area is 93.2 Å². The molecule has 1 aromatic heterocycles. The molecule has 1 amide bonds. The quantitative estimate of drug-likeness (QED) is 0.819. The van der Waals surface area contributed by atoms with Crippen LogP contribution >= 0.6 is 15.9 Å². The lowest BCUT2D eigenvalue weighted by Crippen LogP contribution is -2.18. The van der Waals surface area contributed by atoms with Crippen molar-refractivity contribution in [3.63, 3.8) is 0 Å². The number of rotatable bonds is 1. The van der Waals surface area contributed by atoms with Gasteiger partial charge in [0, 0.05) is 9.86 Å². The van der Waals surface area contributed by atoms with Crippen molar-refractivity contribution in [2.24, 2.45) is 5.73 Å². The number of amides is 1. The van der Waals surface area contributed by atoms with Gasteiger partial charge in [0.2, 0.25) is 0 Å². The molecule has 0 saturated heterocycles. The van der Waals surface area contributed by atoms with Crippen LogP contribution in [0.1, 0.15) is 10.5 Å². The summed E-state index contributed by atoms with van der Waals surface area (Å²) in [6.45, 7) is 0. The Bertz CT molecular complexity index is 604. The molecule has 0 saturated carbocycles. The summed E-state index contributed by atoms with van der Waals surface area (Å²) in [4.78, 5) is 24.9. The predicted molar refractivity (Wildman–Crippen MR) is 60.8 cm³/mol. The summed E-state index contributed by atoms with van der Waals surface area (Å²) in [6.07, 6.45) is 0. The number of nitrogens with one attached hydrogen (secondary N) is 1. The van der Waals surface area contributed by atoms with E-state index in [9.17, 15) is 9.59 Å². The largest absolute Gasteiger partial charge is 0.364 e. The normalized spacial score (nSPS) is 10.5. The van der Waals surface area contributed by atoms with Crippen LogP contribution in [-0.4, -0.2) is 10.9 Å². The van der Waals surface area contributed by atoms with Gasteiger partial charge in [0.1, 0.15) is 5.69 Å². The molecule has 76 valence electrons. The average molecular weight is 267 g/mol. The molecule has 0 aliphatic rings. The van der Waals surface area contributed by atoms with Gasteiger partial charge in [-0.3, -0.25) is 9.59 Å². The van der Waals surface area contributed by atoms with Crippen molar-refractivity contribution in [3.8, 4) is 0 Å². The lowest BCUT2D eigenvalue weighted by atomic mass is 10.1. The topological polar surface area (TPSA) is 76.0 Å². The average Bonchev–Trinajstić information content (AvgIpc) is 2.18. The molecule has 1 heterocycles. The minimum Gasteiger partial charge on any atom is -0.364 e. The Morgan fingerprint density at radius 2 is 2.07 bits per heavy atom. The van der Waals surface area contributed by atoms with Gasteiger partial charge in [0.25, 0.3) is 11.5 Å². The van der Waals surface area contributed by atoms with Crippen molar-refractivity contribution in [1.29, 1.82) is 0 Å². The van der Waals surface area contributed by atoms with E-state index < -0.39 is 5.91 Å². The zero-order valence-corrected chi connectivity index (χ0v) is 9.17. The first-order valence-corrected chi connectivity index (χ1v) is 4.99. The summed E-state index contributed by atoms with van der Waals surface area (Å²) in [5.74, 6) is -0.642. The summed E-state index contributed by atoms with van der Waals surface area (Å²) in [5, 5.41) is 1.21. The lowest BCUT2D eigenvalue weighted by Gasteiger charge is -2.00. The van der Waals surface area contributed by atoms with Crippen LogP contribution in [0.5, 0.6) is 0 Å². The van der Waals surface area contributed by atoms with E-state index in [1.165, 1.54) is 0 Å². The van der Waals surface area contributed by atoms with Crippen LogP contribution in [0.4, 0.5) is 0 Å². The number of aromatic amines is 1. The SMILES string of the molecule is NC(=O)c1cc2ccc(Br)cc2c(=O)[nH]1. The van der Waals surface area contributed by atoms with Gasteiger partial charge >= 0.3 is 0 Å². The molecule has 2 aromatic rings. The number of benzene rings is 1. The Morgan fingerprint density at radius 3 is 2.73 bits per heavy atom. The Morgan fingerprint density at radius 1 is 1.33 bits per heavy atom. The van der Waals surface area contributed by atoms with Gasteiger partial charge in [0.05, 0.1) is 0 Å². The molecule has 1 aromatic carbocycles. The first-order chi connectivity index (χ1) is 7.08. The molecule has 0 aliphatic heterocycles. The highest BCUT2D eigenvalue weighted by Gasteiger charge is 2.05. The standard InChI is InChI=1S/C10H7BrN2O2/c11-6-2-1-5-3-8(9(12)14)13-10(15)7(5)4-6/h1-4H,(H2,12,14)(H,13,15). The second-order valence-electron chi connectivity index (χ2n) is 3.11. The number of nitrogens with two attached hydrogens (primary N) is 1. The van der Waals surface area contributed by atoms with Crippen molar-refractivity contribution >= 4 is 32.6 Å². The van der Waals surface area contributed by atoms with Crippen molar-refractivity contribution in [3.05, 3.63) is 44.8 Å². The summed E-state index contributed by atoms with van der Waals surface area (Å²) >= 11 is 3.27. The Hall–Kier alpha value is -1.62. The molecule has 0 bridgehead atoms. The second-order valence-corrected chi connectivity index (χ2v) is 4.02. The fourth-order valence-corrected chi connectivity index (χ4v) is 1.73. The molecule has 0 atom stereocenters. The second kappa shape index (κ2) is 3.51. The number of aromatic nitrogens is 1. The minimum atomic E-state index is -0.642. The summed E-state index contributed by atoms with van der Waals surface area (Å²) in [6, 6.07) is 6.80. The van der Waals surface area contributed by atoms with Gasteiger partial charge in [-0.25, -0.2) is 0 Å². The van der Waals surface area contributed by atoms with Crippen LogP contribution in [0.3, 0.4) is 0 Å². The number of pyridine rings is 1. The van der Waals surface area contributed by atoms with Crippen LogP contribution in [0.15, 0.2) is 33.5 Å². The molecule has 4 nitrogen and oxygen atoms in total. The van der Waals surface area contributed by atoms with Crippen LogP contribution < -0.4 is 11.3 Å². The number of hydrogen-bond acceptors (Lipinski definition) is 2. The maximum absolute atomic E-state index is 11.6. The molecule has 3 N–H and O–H groups in total. The fourth-order valence-electron chi connectivity index (χ4n) is 1.36.